The fourth-order valence-corrected chi connectivity index (χ4v) is 4.95. The summed E-state index contributed by atoms with van der Waals surface area (Å²) >= 11 is 0. The lowest BCUT2D eigenvalue weighted by Crippen LogP contribution is -2.33. The third kappa shape index (κ3) is 2.70. The van der Waals surface area contributed by atoms with Crippen molar-refractivity contribution < 1.29 is 8.42 Å². The van der Waals surface area contributed by atoms with Crippen molar-refractivity contribution in [2.24, 2.45) is 0 Å². The van der Waals surface area contributed by atoms with Crippen LogP contribution >= 0.6 is 0 Å². The van der Waals surface area contributed by atoms with E-state index in [1.165, 1.54) is 16.1 Å². The molecule has 0 amide bonds. The molecule has 1 aliphatic carbocycles. The van der Waals surface area contributed by atoms with Gasteiger partial charge in [-0.3, -0.25) is 4.68 Å². The lowest BCUT2D eigenvalue weighted by molar-refractivity contribution is 0.337. The summed E-state index contributed by atoms with van der Waals surface area (Å²) < 4.78 is 29.4. The van der Waals surface area contributed by atoms with Gasteiger partial charge >= 0.3 is 0 Å². The second-order valence-electron chi connectivity index (χ2n) is 6.04. The molecule has 1 atom stereocenters. The van der Waals surface area contributed by atoms with E-state index in [2.05, 4.69) is 11.2 Å². The molecule has 2 aromatic rings. The smallest absolute Gasteiger partial charge is 0.246 e. The van der Waals surface area contributed by atoms with E-state index in [-0.39, 0.29) is 6.04 Å². The van der Waals surface area contributed by atoms with Crippen LogP contribution in [0.25, 0.3) is 0 Å². The number of rotatable bonds is 4. The summed E-state index contributed by atoms with van der Waals surface area (Å²) in [5, 5.41) is 4.18. The largest absolute Gasteiger partial charge is 0.269 e. The van der Waals surface area contributed by atoms with Crippen LogP contribution in [0.15, 0.2) is 35.4 Å². The molecule has 6 heteroatoms. The monoisotopic (exact) mass is 333 g/mol. The molecule has 0 unspecified atom stereocenters. The predicted molar refractivity (Wildman–Crippen MR) is 89.7 cm³/mol. The van der Waals surface area contributed by atoms with Gasteiger partial charge in [-0.1, -0.05) is 24.3 Å². The standard InChI is InChI=1S/C17H23N3O2S/c1-4-20-13(2)17(12-18-20)23(21,22)19(3)16-11-7-9-14-8-5-6-10-15(14)16/h5-6,8,10,12,16H,4,7,9,11H2,1-3H3/t16-/m0/s1. The third-order valence-electron chi connectivity index (χ3n) is 4.79. The molecule has 23 heavy (non-hydrogen) atoms. The lowest BCUT2D eigenvalue weighted by atomic mass is 9.88. The first-order valence-corrected chi connectivity index (χ1v) is 9.49. The number of sulfonamides is 1. The number of hydrogen-bond donors (Lipinski definition) is 0. The second-order valence-corrected chi connectivity index (χ2v) is 8.00. The van der Waals surface area contributed by atoms with Gasteiger partial charge in [0.15, 0.2) is 0 Å². The summed E-state index contributed by atoms with van der Waals surface area (Å²) in [5.74, 6) is 0. The summed E-state index contributed by atoms with van der Waals surface area (Å²) in [4.78, 5) is 0.310. The second kappa shape index (κ2) is 6.09. The van der Waals surface area contributed by atoms with Crippen LogP contribution in [-0.4, -0.2) is 29.6 Å². The van der Waals surface area contributed by atoms with Gasteiger partial charge in [-0.05, 0) is 44.2 Å². The number of hydrogen-bond acceptors (Lipinski definition) is 3. The molecule has 1 aliphatic rings. The Kier molecular flexibility index (Phi) is 4.29. The highest BCUT2D eigenvalue weighted by Crippen LogP contribution is 2.36. The highest BCUT2D eigenvalue weighted by atomic mass is 32.2. The molecule has 0 radical (unpaired) electrons. The zero-order valence-corrected chi connectivity index (χ0v) is 14.7. The van der Waals surface area contributed by atoms with Crippen molar-refractivity contribution in [1.82, 2.24) is 14.1 Å². The van der Waals surface area contributed by atoms with E-state index in [0.717, 1.165) is 24.8 Å². The Balaban J connectivity index is 2.00. The van der Waals surface area contributed by atoms with E-state index in [4.69, 9.17) is 0 Å². The first-order valence-electron chi connectivity index (χ1n) is 8.05. The Bertz CT molecular complexity index is 811. The fraction of sp³-hybridized carbons (Fsp3) is 0.471. The van der Waals surface area contributed by atoms with Crippen LogP contribution in [0.1, 0.15) is 42.6 Å². The number of fused-ring (bicyclic) bond motifs is 1. The minimum Gasteiger partial charge on any atom is -0.269 e. The molecule has 0 spiro atoms. The molecular weight excluding hydrogens is 310 g/mol. The molecule has 0 N–H and O–H groups in total. The summed E-state index contributed by atoms with van der Waals surface area (Å²) in [6.45, 7) is 4.43. The number of aromatic nitrogens is 2. The van der Waals surface area contributed by atoms with Crippen molar-refractivity contribution in [3.05, 3.63) is 47.3 Å². The molecule has 1 aromatic carbocycles. The number of aryl methyl sites for hydroxylation is 2. The average Bonchev–Trinajstić information content (AvgIpc) is 2.95. The van der Waals surface area contributed by atoms with Crippen LogP contribution in [0.2, 0.25) is 0 Å². The SMILES string of the molecule is CCn1ncc(S(=O)(=O)N(C)[C@H]2CCCc3ccccc32)c1C. The van der Waals surface area contributed by atoms with E-state index in [1.807, 2.05) is 32.0 Å². The normalized spacial score (nSPS) is 18.2. The van der Waals surface area contributed by atoms with Gasteiger partial charge in [-0.25, -0.2) is 8.42 Å². The highest BCUT2D eigenvalue weighted by Gasteiger charge is 2.33. The predicted octanol–water partition coefficient (Wildman–Crippen LogP) is 2.91. The number of benzene rings is 1. The Hall–Kier alpha value is -1.66. The summed E-state index contributed by atoms with van der Waals surface area (Å²) in [7, 11) is -1.87. The van der Waals surface area contributed by atoms with E-state index in [1.54, 1.807) is 11.7 Å². The maximum absolute atomic E-state index is 13.1. The van der Waals surface area contributed by atoms with Crippen LogP contribution < -0.4 is 0 Å². The first-order chi connectivity index (χ1) is 11.0. The van der Waals surface area contributed by atoms with Crippen LogP contribution in [0, 0.1) is 6.92 Å². The molecule has 0 bridgehead atoms. The topological polar surface area (TPSA) is 55.2 Å². The summed E-state index contributed by atoms with van der Waals surface area (Å²) in [5.41, 5.74) is 3.08. The lowest BCUT2D eigenvalue weighted by Gasteiger charge is -2.32. The van der Waals surface area contributed by atoms with Gasteiger partial charge in [0, 0.05) is 19.6 Å². The zero-order valence-electron chi connectivity index (χ0n) is 13.9. The van der Waals surface area contributed by atoms with Crippen molar-refractivity contribution in [2.75, 3.05) is 7.05 Å². The van der Waals surface area contributed by atoms with Crippen LogP contribution in [0.3, 0.4) is 0 Å². The van der Waals surface area contributed by atoms with Crippen LogP contribution in [0.4, 0.5) is 0 Å². The number of nitrogens with zero attached hydrogens (tertiary/aromatic N) is 3. The maximum Gasteiger partial charge on any atom is 0.246 e. The zero-order chi connectivity index (χ0) is 16.6. The van der Waals surface area contributed by atoms with Crippen molar-refractivity contribution >= 4 is 10.0 Å². The minimum absolute atomic E-state index is 0.102. The molecule has 124 valence electrons. The van der Waals surface area contributed by atoms with Gasteiger partial charge in [-0.15, -0.1) is 0 Å². The Morgan fingerprint density at radius 1 is 1.35 bits per heavy atom. The van der Waals surface area contributed by atoms with Crippen LogP contribution in [-0.2, 0) is 23.0 Å². The van der Waals surface area contributed by atoms with Crippen molar-refractivity contribution in [1.29, 1.82) is 0 Å². The Morgan fingerprint density at radius 2 is 2.09 bits per heavy atom. The van der Waals surface area contributed by atoms with Crippen molar-refractivity contribution in [2.45, 2.75) is 50.6 Å². The minimum atomic E-state index is -3.55. The Labute approximate surface area is 138 Å². The van der Waals surface area contributed by atoms with Gasteiger partial charge in [0.25, 0.3) is 0 Å². The van der Waals surface area contributed by atoms with E-state index in [9.17, 15) is 8.42 Å². The van der Waals surface area contributed by atoms with E-state index >= 15 is 0 Å². The molecular formula is C17H23N3O2S. The van der Waals surface area contributed by atoms with E-state index in [0.29, 0.717) is 17.1 Å². The molecule has 1 aromatic heterocycles. The van der Waals surface area contributed by atoms with Gasteiger partial charge < -0.3 is 0 Å². The molecule has 0 aliphatic heterocycles. The van der Waals surface area contributed by atoms with Gasteiger partial charge in [0.2, 0.25) is 10.0 Å². The van der Waals surface area contributed by atoms with Gasteiger partial charge in [0.05, 0.1) is 11.9 Å². The molecule has 3 rings (SSSR count). The highest BCUT2D eigenvalue weighted by molar-refractivity contribution is 7.89. The van der Waals surface area contributed by atoms with Crippen molar-refractivity contribution in [3.8, 4) is 0 Å². The maximum atomic E-state index is 13.1. The van der Waals surface area contributed by atoms with Gasteiger partial charge in [0.1, 0.15) is 4.90 Å². The molecule has 5 nitrogen and oxygen atoms in total. The molecule has 0 saturated carbocycles. The average molecular weight is 333 g/mol. The van der Waals surface area contributed by atoms with Crippen LogP contribution in [0.5, 0.6) is 0 Å². The molecule has 0 fully saturated rings. The first kappa shape index (κ1) is 16.2. The summed E-state index contributed by atoms with van der Waals surface area (Å²) in [6.07, 6.45) is 4.36. The molecule has 0 saturated heterocycles. The quantitative estimate of drug-likeness (QED) is 0.864. The molecule has 1 heterocycles. The Morgan fingerprint density at radius 3 is 2.78 bits per heavy atom. The van der Waals surface area contributed by atoms with E-state index < -0.39 is 10.0 Å². The van der Waals surface area contributed by atoms with Gasteiger partial charge in [-0.2, -0.15) is 9.40 Å². The third-order valence-corrected chi connectivity index (χ3v) is 6.76. The fourth-order valence-electron chi connectivity index (χ4n) is 3.43. The van der Waals surface area contributed by atoms with Crippen molar-refractivity contribution in [3.63, 3.8) is 0 Å². The summed E-state index contributed by atoms with van der Waals surface area (Å²) in [6, 6.07) is 8.05.